The van der Waals surface area contributed by atoms with Gasteiger partial charge in [0.2, 0.25) is 5.91 Å². The van der Waals surface area contributed by atoms with Gasteiger partial charge in [-0.2, -0.15) is 0 Å². The Balaban J connectivity index is 1.44. The molecule has 1 amide bonds. The molecule has 3 aromatic carbocycles. The van der Waals surface area contributed by atoms with Gasteiger partial charge >= 0.3 is 0 Å². The van der Waals surface area contributed by atoms with Gasteiger partial charge in [-0.3, -0.25) is 9.69 Å². The third-order valence-electron chi connectivity index (χ3n) is 7.84. The molecule has 1 heterocycles. The van der Waals surface area contributed by atoms with Gasteiger partial charge in [0.25, 0.3) is 0 Å². The first kappa shape index (κ1) is 26.8. The van der Waals surface area contributed by atoms with Crippen LogP contribution in [0, 0.1) is 0 Å². The van der Waals surface area contributed by atoms with E-state index in [0.717, 1.165) is 45.7 Å². The molecule has 3 unspecified atom stereocenters. The lowest BCUT2D eigenvalue weighted by Gasteiger charge is -2.38. The van der Waals surface area contributed by atoms with E-state index >= 15 is 0 Å². The van der Waals surface area contributed by atoms with Crippen LogP contribution in [0.3, 0.4) is 0 Å². The van der Waals surface area contributed by atoms with Crippen molar-refractivity contribution in [3.8, 4) is 23.0 Å². The van der Waals surface area contributed by atoms with Crippen LogP contribution in [0.25, 0.3) is 0 Å². The first-order valence-corrected chi connectivity index (χ1v) is 13.2. The van der Waals surface area contributed by atoms with E-state index in [1.165, 1.54) is 0 Å². The zero-order valence-electron chi connectivity index (χ0n) is 22.9. The van der Waals surface area contributed by atoms with Gasteiger partial charge in [0.1, 0.15) is 11.5 Å². The lowest BCUT2D eigenvalue weighted by atomic mass is 9.87. The Hall–Kier alpha value is -3.75. The first-order chi connectivity index (χ1) is 18.9. The number of fused-ring (bicyclic) bond motifs is 2. The van der Waals surface area contributed by atoms with Crippen LogP contribution < -0.4 is 24.3 Å². The topological polar surface area (TPSA) is 89.5 Å². The normalized spacial score (nSPS) is 20.1. The SMILES string of the molecule is COc1cc2c(c(OC)c1)C(Cc1ccc(OC)c(OC)c1)N(CC(=O)NC1c3ccccc3CC1O)CC2. The van der Waals surface area contributed by atoms with Crippen LogP contribution in [-0.4, -0.2) is 63.5 Å². The molecule has 0 bridgehead atoms. The molecule has 0 fully saturated rings. The molecule has 8 heteroatoms. The summed E-state index contributed by atoms with van der Waals surface area (Å²) in [6.07, 6.45) is 1.30. The van der Waals surface area contributed by atoms with E-state index in [-0.39, 0.29) is 18.5 Å². The minimum Gasteiger partial charge on any atom is -0.497 e. The van der Waals surface area contributed by atoms with Crippen molar-refractivity contribution in [1.82, 2.24) is 10.2 Å². The molecule has 1 aliphatic heterocycles. The molecule has 3 aromatic rings. The van der Waals surface area contributed by atoms with E-state index in [1.807, 2.05) is 48.5 Å². The maximum absolute atomic E-state index is 13.4. The van der Waals surface area contributed by atoms with Gasteiger partial charge in [0.05, 0.1) is 47.1 Å². The Morgan fingerprint density at radius 2 is 1.69 bits per heavy atom. The van der Waals surface area contributed by atoms with Crippen LogP contribution in [0.15, 0.2) is 54.6 Å². The summed E-state index contributed by atoms with van der Waals surface area (Å²) in [6, 6.07) is 17.2. The number of benzene rings is 3. The van der Waals surface area contributed by atoms with Gasteiger partial charge in [0.15, 0.2) is 11.5 Å². The summed E-state index contributed by atoms with van der Waals surface area (Å²) < 4.78 is 22.3. The van der Waals surface area contributed by atoms with Crippen molar-refractivity contribution in [1.29, 1.82) is 0 Å². The number of nitrogens with one attached hydrogen (secondary N) is 1. The Bertz CT molecular complexity index is 1330. The molecule has 2 N–H and O–H groups in total. The zero-order chi connectivity index (χ0) is 27.5. The van der Waals surface area contributed by atoms with E-state index in [4.69, 9.17) is 18.9 Å². The van der Waals surface area contributed by atoms with Crippen LogP contribution in [0.1, 0.15) is 39.9 Å². The highest BCUT2D eigenvalue weighted by Crippen LogP contribution is 2.42. The summed E-state index contributed by atoms with van der Waals surface area (Å²) in [6.45, 7) is 0.885. The second-order valence-electron chi connectivity index (χ2n) is 10.0. The molecule has 3 atom stereocenters. The highest BCUT2D eigenvalue weighted by Gasteiger charge is 2.35. The molecule has 39 heavy (non-hydrogen) atoms. The third kappa shape index (κ3) is 5.40. The number of ether oxygens (including phenoxy) is 4. The summed E-state index contributed by atoms with van der Waals surface area (Å²) in [4.78, 5) is 15.6. The number of rotatable bonds is 9. The maximum Gasteiger partial charge on any atom is 0.234 e. The number of nitrogens with zero attached hydrogens (tertiary/aromatic N) is 1. The molecule has 8 nitrogen and oxygen atoms in total. The smallest absolute Gasteiger partial charge is 0.234 e. The molecule has 0 radical (unpaired) electrons. The van der Waals surface area contributed by atoms with Gasteiger partial charge in [-0.1, -0.05) is 30.3 Å². The predicted molar refractivity (Wildman–Crippen MR) is 148 cm³/mol. The fourth-order valence-electron chi connectivity index (χ4n) is 5.93. The molecule has 0 saturated carbocycles. The van der Waals surface area contributed by atoms with Crippen LogP contribution in [-0.2, 0) is 24.1 Å². The highest BCUT2D eigenvalue weighted by molar-refractivity contribution is 5.79. The fraction of sp³-hybridized carbons (Fsp3) is 0.387. The number of aliphatic hydroxyl groups excluding tert-OH is 1. The lowest BCUT2D eigenvalue weighted by molar-refractivity contribution is -0.124. The fourth-order valence-corrected chi connectivity index (χ4v) is 5.93. The average molecular weight is 533 g/mol. The van der Waals surface area contributed by atoms with Crippen molar-refractivity contribution in [3.63, 3.8) is 0 Å². The van der Waals surface area contributed by atoms with E-state index < -0.39 is 12.1 Å². The quantitative estimate of drug-likeness (QED) is 0.435. The molecule has 2 aliphatic rings. The minimum absolute atomic E-state index is 0.121. The Kier molecular flexibility index (Phi) is 7.95. The lowest BCUT2D eigenvalue weighted by Crippen LogP contribution is -2.45. The van der Waals surface area contributed by atoms with Crippen LogP contribution in [0.4, 0.5) is 0 Å². The molecule has 1 aliphatic carbocycles. The zero-order valence-corrected chi connectivity index (χ0v) is 22.9. The van der Waals surface area contributed by atoms with Crippen molar-refractivity contribution >= 4 is 5.91 Å². The number of carbonyl (C=O) groups excluding carboxylic acids is 1. The maximum atomic E-state index is 13.4. The summed E-state index contributed by atoms with van der Waals surface area (Å²) in [5.74, 6) is 2.68. The molecule has 0 aromatic heterocycles. The number of hydrogen-bond acceptors (Lipinski definition) is 7. The molecule has 0 spiro atoms. The number of amides is 1. The standard InChI is InChI=1S/C31H36N2O6/c1-36-22-15-21-11-12-33(18-29(35)32-31-23-8-6-5-7-20(23)16-25(31)34)24(30(21)28(17-22)39-4)13-19-9-10-26(37-2)27(14-19)38-3/h5-10,14-15,17,24-25,31,34H,11-13,16,18H2,1-4H3,(H,32,35). The Morgan fingerprint density at radius 3 is 2.44 bits per heavy atom. The molecular weight excluding hydrogens is 496 g/mol. The highest BCUT2D eigenvalue weighted by atomic mass is 16.5. The summed E-state index contributed by atoms with van der Waals surface area (Å²) in [7, 11) is 6.55. The van der Waals surface area contributed by atoms with Gasteiger partial charge in [0, 0.05) is 30.6 Å². The van der Waals surface area contributed by atoms with Crippen molar-refractivity contribution in [2.75, 3.05) is 41.5 Å². The monoisotopic (exact) mass is 532 g/mol. The molecule has 0 saturated heterocycles. The first-order valence-electron chi connectivity index (χ1n) is 13.2. The summed E-state index contributed by atoms with van der Waals surface area (Å²) in [5.41, 5.74) is 5.31. The number of methoxy groups -OCH3 is 4. The van der Waals surface area contributed by atoms with Crippen molar-refractivity contribution in [2.45, 2.75) is 37.5 Å². The van der Waals surface area contributed by atoms with Crippen molar-refractivity contribution in [2.24, 2.45) is 0 Å². The Labute approximate surface area is 229 Å². The van der Waals surface area contributed by atoms with Crippen molar-refractivity contribution in [3.05, 3.63) is 82.4 Å². The minimum atomic E-state index is -0.636. The van der Waals surface area contributed by atoms with E-state index in [9.17, 15) is 9.90 Å². The summed E-state index contributed by atoms with van der Waals surface area (Å²) >= 11 is 0. The van der Waals surface area contributed by atoms with E-state index in [0.29, 0.717) is 30.9 Å². The molecule has 206 valence electrons. The van der Waals surface area contributed by atoms with Gasteiger partial charge in [-0.25, -0.2) is 0 Å². The molecule has 5 rings (SSSR count). The second kappa shape index (κ2) is 11.6. The predicted octanol–water partition coefficient (Wildman–Crippen LogP) is 3.64. The van der Waals surface area contributed by atoms with Crippen LogP contribution in [0.5, 0.6) is 23.0 Å². The van der Waals surface area contributed by atoms with Gasteiger partial charge in [-0.15, -0.1) is 0 Å². The third-order valence-corrected chi connectivity index (χ3v) is 7.84. The van der Waals surface area contributed by atoms with Crippen LogP contribution in [0.2, 0.25) is 0 Å². The van der Waals surface area contributed by atoms with Gasteiger partial charge < -0.3 is 29.4 Å². The van der Waals surface area contributed by atoms with Crippen molar-refractivity contribution < 1.29 is 28.8 Å². The number of aliphatic hydroxyl groups is 1. The van der Waals surface area contributed by atoms with Crippen LogP contribution >= 0.6 is 0 Å². The van der Waals surface area contributed by atoms with Gasteiger partial charge in [-0.05, 0) is 53.3 Å². The molecular formula is C31H36N2O6. The van der Waals surface area contributed by atoms with E-state index in [1.54, 1.807) is 28.4 Å². The average Bonchev–Trinajstić information content (AvgIpc) is 3.27. The second-order valence-corrected chi connectivity index (χ2v) is 10.0. The number of carbonyl (C=O) groups is 1. The number of hydrogen-bond donors (Lipinski definition) is 2. The summed E-state index contributed by atoms with van der Waals surface area (Å²) in [5, 5.41) is 13.8. The largest absolute Gasteiger partial charge is 0.497 e. The van der Waals surface area contributed by atoms with E-state index in [2.05, 4.69) is 16.3 Å². The Morgan fingerprint density at radius 1 is 0.923 bits per heavy atom.